The van der Waals surface area contributed by atoms with Crippen LogP contribution in [0.1, 0.15) is 79.6 Å². The molecular weight excluding hydrogens is 260 g/mol. The first-order valence-corrected chi connectivity index (χ1v) is 8.80. The second-order valence-electron chi connectivity index (χ2n) is 6.44. The average Bonchev–Trinajstić information content (AvgIpc) is 2.48. The Morgan fingerprint density at radius 1 is 1.19 bits per heavy atom. The van der Waals surface area contributed by atoms with Crippen LogP contribution in [0.15, 0.2) is 0 Å². The normalized spacial score (nSPS) is 15.7. The van der Waals surface area contributed by atoms with Crippen LogP contribution in [0.25, 0.3) is 0 Å². The molecule has 0 saturated heterocycles. The van der Waals surface area contributed by atoms with Crippen LogP contribution in [-0.4, -0.2) is 24.8 Å². The molecule has 1 N–H and O–H groups in total. The number of nitriles is 1. The second kappa shape index (κ2) is 12.0. The first-order valence-electron chi connectivity index (χ1n) is 8.80. The standard InChI is InChI=1S/C18H36N2O/c1-6-9-11-17(7-2)14-21-13-10-12-18(8-3,15-19)20-16(4)5/h16-17,20H,6-14H2,1-5H3. The van der Waals surface area contributed by atoms with E-state index in [2.05, 4.69) is 46.0 Å². The highest BCUT2D eigenvalue weighted by atomic mass is 16.5. The highest BCUT2D eigenvalue weighted by Gasteiger charge is 2.27. The molecule has 0 aliphatic carbocycles. The Balaban J connectivity index is 3.98. The van der Waals surface area contributed by atoms with Gasteiger partial charge in [0, 0.05) is 19.3 Å². The zero-order chi connectivity index (χ0) is 16.1. The molecule has 0 saturated carbocycles. The fourth-order valence-corrected chi connectivity index (χ4v) is 2.69. The molecule has 0 aliphatic heterocycles. The Labute approximate surface area is 132 Å². The van der Waals surface area contributed by atoms with Gasteiger partial charge in [0.15, 0.2) is 0 Å². The van der Waals surface area contributed by atoms with Crippen LogP contribution in [0.3, 0.4) is 0 Å². The maximum Gasteiger partial charge on any atom is 0.106 e. The van der Waals surface area contributed by atoms with Crippen molar-refractivity contribution in [1.82, 2.24) is 5.32 Å². The Kier molecular flexibility index (Phi) is 11.7. The molecule has 0 aromatic carbocycles. The molecule has 0 amide bonds. The SMILES string of the molecule is CCCCC(CC)COCCCC(C#N)(CC)NC(C)C. The zero-order valence-corrected chi connectivity index (χ0v) is 14.9. The van der Waals surface area contributed by atoms with E-state index in [0.717, 1.165) is 32.5 Å². The molecule has 0 fully saturated rings. The molecule has 3 nitrogen and oxygen atoms in total. The molecule has 2 atom stereocenters. The molecule has 0 spiro atoms. The van der Waals surface area contributed by atoms with E-state index in [9.17, 15) is 5.26 Å². The van der Waals surface area contributed by atoms with E-state index >= 15 is 0 Å². The minimum Gasteiger partial charge on any atom is -0.381 e. The monoisotopic (exact) mass is 296 g/mol. The number of rotatable bonds is 13. The Hall–Kier alpha value is -0.590. The van der Waals surface area contributed by atoms with Crippen molar-refractivity contribution in [2.45, 2.75) is 91.1 Å². The van der Waals surface area contributed by atoms with Gasteiger partial charge in [0.2, 0.25) is 0 Å². The lowest BCUT2D eigenvalue weighted by atomic mass is 9.91. The minimum atomic E-state index is -0.385. The van der Waals surface area contributed by atoms with Gasteiger partial charge in [0.25, 0.3) is 0 Å². The van der Waals surface area contributed by atoms with Crippen molar-refractivity contribution in [2.75, 3.05) is 13.2 Å². The summed E-state index contributed by atoms with van der Waals surface area (Å²) in [5.41, 5.74) is -0.385. The largest absolute Gasteiger partial charge is 0.381 e. The van der Waals surface area contributed by atoms with Gasteiger partial charge in [-0.1, -0.05) is 40.0 Å². The Morgan fingerprint density at radius 3 is 2.38 bits per heavy atom. The summed E-state index contributed by atoms with van der Waals surface area (Å²) < 4.78 is 5.84. The van der Waals surface area contributed by atoms with Crippen molar-refractivity contribution in [3.63, 3.8) is 0 Å². The van der Waals surface area contributed by atoms with Crippen LogP contribution in [0.2, 0.25) is 0 Å². The molecule has 0 aliphatic rings. The lowest BCUT2D eigenvalue weighted by Gasteiger charge is -2.29. The smallest absolute Gasteiger partial charge is 0.106 e. The maximum absolute atomic E-state index is 9.45. The van der Waals surface area contributed by atoms with E-state index < -0.39 is 0 Å². The van der Waals surface area contributed by atoms with Crippen LogP contribution in [0.5, 0.6) is 0 Å². The Morgan fingerprint density at radius 2 is 1.90 bits per heavy atom. The van der Waals surface area contributed by atoms with E-state index in [1.165, 1.54) is 25.7 Å². The molecular formula is C18H36N2O. The number of nitrogens with one attached hydrogen (secondary N) is 1. The van der Waals surface area contributed by atoms with Gasteiger partial charge in [0.1, 0.15) is 5.54 Å². The number of nitrogens with zero attached hydrogens (tertiary/aromatic N) is 1. The molecule has 21 heavy (non-hydrogen) atoms. The predicted molar refractivity (Wildman–Crippen MR) is 90.3 cm³/mol. The number of ether oxygens (including phenoxy) is 1. The maximum atomic E-state index is 9.45. The lowest BCUT2D eigenvalue weighted by molar-refractivity contribution is 0.0873. The number of hydrogen-bond acceptors (Lipinski definition) is 3. The van der Waals surface area contributed by atoms with E-state index in [1.54, 1.807) is 0 Å². The summed E-state index contributed by atoms with van der Waals surface area (Å²) in [6, 6.07) is 2.81. The van der Waals surface area contributed by atoms with Gasteiger partial charge in [0.05, 0.1) is 6.07 Å². The zero-order valence-electron chi connectivity index (χ0n) is 14.9. The molecule has 2 unspecified atom stereocenters. The Bertz CT molecular complexity index is 285. The van der Waals surface area contributed by atoms with Gasteiger partial charge in [-0.2, -0.15) is 5.26 Å². The summed E-state index contributed by atoms with van der Waals surface area (Å²) in [5, 5.41) is 12.9. The van der Waals surface area contributed by atoms with E-state index in [4.69, 9.17) is 4.74 Å². The molecule has 0 aromatic heterocycles. The fraction of sp³-hybridized carbons (Fsp3) is 0.944. The first-order chi connectivity index (χ1) is 10.0. The third kappa shape index (κ3) is 9.11. The van der Waals surface area contributed by atoms with Crippen LogP contribution < -0.4 is 5.32 Å². The van der Waals surface area contributed by atoms with Gasteiger partial charge in [-0.15, -0.1) is 0 Å². The van der Waals surface area contributed by atoms with Crippen LogP contribution in [-0.2, 0) is 4.74 Å². The highest BCUT2D eigenvalue weighted by Crippen LogP contribution is 2.18. The molecule has 0 aromatic rings. The minimum absolute atomic E-state index is 0.337. The highest BCUT2D eigenvalue weighted by molar-refractivity contribution is 5.06. The first kappa shape index (κ1) is 20.4. The summed E-state index contributed by atoms with van der Waals surface area (Å²) in [5.74, 6) is 0.700. The summed E-state index contributed by atoms with van der Waals surface area (Å²) >= 11 is 0. The van der Waals surface area contributed by atoms with Crippen LogP contribution in [0, 0.1) is 17.2 Å². The molecule has 0 rings (SSSR count). The van der Waals surface area contributed by atoms with Crippen LogP contribution >= 0.6 is 0 Å². The summed E-state index contributed by atoms with van der Waals surface area (Å²) in [6.07, 6.45) is 7.70. The van der Waals surface area contributed by atoms with Crippen molar-refractivity contribution in [3.05, 3.63) is 0 Å². The van der Waals surface area contributed by atoms with Crippen molar-refractivity contribution in [1.29, 1.82) is 5.26 Å². The van der Waals surface area contributed by atoms with E-state index in [1.807, 2.05) is 0 Å². The molecule has 3 heteroatoms. The van der Waals surface area contributed by atoms with Gasteiger partial charge in [-0.05, 0) is 45.4 Å². The topological polar surface area (TPSA) is 45.0 Å². The van der Waals surface area contributed by atoms with Crippen molar-refractivity contribution in [3.8, 4) is 6.07 Å². The summed E-state index contributed by atoms with van der Waals surface area (Å²) in [4.78, 5) is 0. The van der Waals surface area contributed by atoms with E-state index in [0.29, 0.717) is 12.0 Å². The molecule has 0 radical (unpaired) electrons. The van der Waals surface area contributed by atoms with Crippen molar-refractivity contribution < 1.29 is 4.74 Å². The molecule has 0 bridgehead atoms. The second-order valence-corrected chi connectivity index (χ2v) is 6.44. The van der Waals surface area contributed by atoms with Crippen molar-refractivity contribution in [2.24, 2.45) is 5.92 Å². The fourth-order valence-electron chi connectivity index (χ4n) is 2.69. The summed E-state index contributed by atoms with van der Waals surface area (Å²) in [6.45, 7) is 12.4. The average molecular weight is 296 g/mol. The number of unbranched alkanes of at least 4 members (excludes halogenated alkanes) is 1. The molecule has 124 valence electrons. The third-order valence-electron chi connectivity index (χ3n) is 4.17. The van der Waals surface area contributed by atoms with E-state index in [-0.39, 0.29) is 5.54 Å². The van der Waals surface area contributed by atoms with Gasteiger partial charge < -0.3 is 4.74 Å². The predicted octanol–water partition coefficient (Wildman–Crippen LogP) is 4.67. The lowest BCUT2D eigenvalue weighted by Crippen LogP contribution is -2.47. The number of hydrogen-bond donors (Lipinski definition) is 1. The van der Waals surface area contributed by atoms with Gasteiger partial charge in [-0.25, -0.2) is 0 Å². The van der Waals surface area contributed by atoms with Crippen molar-refractivity contribution >= 4 is 0 Å². The molecule has 0 heterocycles. The van der Waals surface area contributed by atoms with Crippen LogP contribution in [0.4, 0.5) is 0 Å². The quantitative estimate of drug-likeness (QED) is 0.502. The summed E-state index contributed by atoms with van der Waals surface area (Å²) in [7, 11) is 0. The third-order valence-corrected chi connectivity index (χ3v) is 4.17. The van der Waals surface area contributed by atoms with Gasteiger partial charge >= 0.3 is 0 Å². The van der Waals surface area contributed by atoms with Gasteiger partial charge in [-0.3, -0.25) is 5.32 Å².